The van der Waals surface area contributed by atoms with Crippen LogP contribution in [0, 0.1) is 5.82 Å². The lowest BCUT2D eigenvalue weighted by Crippen LogP contribution is -2.47. The summed E-state index contributed by atoms with van der Waals surface area (Å²) < 4.78 is 20.3. The molecule has 1 aliphatic heterocycles. The molecule has 1 N–H and O–H groups in total. The number of hydrogen-bond donors (Lipinski definition) is 1. The second-order valence-electron chi connectivity index (χ2n) is 10.3. The summed E-state index contributed by atoms with van der Waals surface area (Å²) in [4.78, 5) is 18.2. The number of halogens is 1. The van der Waals surface area contributed by atoms with Crippen LogP contribution in [0.5, 0.6) is 0 Å². The maximum absolute atomic E-state index is 14.4. The van der Waals surface area contributed by atoms with Crippen molar-refractivity contribution in [3.8, 4) is 11.3 Å². The highest BCUT2D eigenvalue weighted by atomic mass is 19.1. The molecule has 0 atom stereocenters. The third kappa shape index (κ3) is 3.67. The lowest BCUT2D eigenvalue weighted by Gasteiger charge is -2.38. The van der Waals surface area contributed by atoms with Gasteiger partial charge in [-0.05, 0) is 31.0 Å². The molecular formula is C30H29FN4O2. The van der Waals surface area contributed by atoms with Crippen LogP contribution in [0.2, 0.25) is 0 Å². The average Bonchev–Trinajstić information content (AvgIpc) is 3.38. The van der Waals surface area contributed by atoms with Gasteiger partial charge < -0.3 is 19.6 Å². The molecule has 2 heterocycles. The average molecular weight is 497 g/mol. The Balaban J connectivity index is 1.30. The summed E-state index contributed by atoms with van der Waals surface area (Å²) in [5, 5.41) is 9.06. The molecule has 1 aromatic heterocycles. The molecule has 1 saturated heterocycles. The van der Waals surface area contributed by atoms with Crippen molar-refractivity contribution in [2.45, 2.75) is 38.1 Å². The fourth-order valence-corrected chi connectivity index (χ4v) is 6.26. The largest absolute Gasteiger partial charge is 0.382 e. The SMILES string of the molecule is O=C1c2ccccc2-c2onc3c(N4CCN(c5ccccc5F)CC4)cc(NC4CCCCC4)c1c23. The van der Waals surface area contributed by atoms with Gasteiger partial charge in [0.25, 0.3) is 0 Å². The van der Waals surface area contributed by atoms with Crippen molar-refractivity contribution >= 4 is 33.7 Å². The second-order valence-corrected chi connectivity index (χ2v) is 10.3. The maximum atomic E-state index is 14.4. The fourth-order valence-electron chi connectivity index (χ4n) is 6.26. The van der Waals surface area contributed by atoms with Crippen LogP contribution in [0.1, 0.15) is 48.0 Å². The molecule has 37 heavy (non-hydrogen) atoms. The van der Waals surface area contributed by atoms with Crippen LogP contribution in [0.25, 0.3) is 22.2 Å². The third-order valence-electron chi connectivity index (χ3n) is 8.16. The summed E-state index contributed by atoms with van der Waals surface area (Å²) >= 11 is 0. The van der Waals surface area contributed by atoms with E-state index in [4.69, 9.17) is 4.52 Å². The van der Waals surface area contributed by atoms with Crippen molar-refractivity contribution in [2.75, 3.05) is 41.3 Å². The van der Waals surface area contributed by atoms with Crippen LogP contribution >= 0.6 is 0 Å². The molecule has 3 aliphatic rings. The Hall–Kier alpha value is -3.87. The quantitative estimate of drug-likeness (QED) is 0.317. The maximum Gasteiger partial charge on any atom is 0.196 e. The number of nitrogens with one attached hydrogen (secondary N) is 1. The van der Waals surface area contributed by atoms with E-state index in [0.717, 1.165) is 53.8 Å². The van der Waals surface area contributed by atoms with Crippen molar-refractivity contribution in [3.63, 3.8) is 0 Å². The summed E-state index contributed by atoms with van der Waals surface area (Å²) in [5.41, 5.74) is 5.33. The van der Waals surface area contributed by atoms with E-state index in [1.807, 2.05) is 36.4 Å². The zero-order valence-electron chi connectivity index (χ0n) is 20.7. The number of ketones is 1. The van der Waals surface area contributed by atoms with E-state index in [1.165, 1.54) is 25.3 Å². The Labute approximate surface area is 215 Å². The molecule has 7 heteroatoms. The first kappa shape index (κ1) is 22.3. The molecule has 2 aliphatic carbocycles. The summed E-state index contributed by atoms with van der Waals surface area (Å²) in [5.74, 6) is 0.492. The summed E-state index contributed by atoms with van der Waals surface area (Å²) in [6.07, 6.45) is 5.89. The summed E-state index contributed by atoms with van der Waals surface area (Å²) in [6.45, 7) is 2.83. The number of carbonyl (C=O) groups is 1. The zero-order chi connectivity index (χ0) is 24.9. The minimum atomic E-state index is -0.192. The number of piperazine rings is 1. The standard InChI is InChI=1S/C30H29FN4O2/c31-22-12-6-7-13-24(22)34-14-16-35(17-15-34)25-18-23(32-19-8-2-1-3-9-19)26-27-28(25)33-37-30(27)21-11-5-4-10-20(21)29(26)36/h4-7,10-13,18-19,32H,1-3,8-9,14-17H2. The van der Waals surface area contributed by atoms with E-state index in [1.54, 1.807) is 6.07 Å². The van der Waals surface area contributed by atoms with E-state index in [0.29, 0.717) is 41.7 Å². The van der Waals surface area contributed by atoms with Crippen molar-refractivity contribution < 1.29 is 13.7 Å². The van der Waals surface area contributed by atoms with Gasteiger partial charge in [0, 0.05) is 49.0 Å². The molecular weight excluding hydrogens is 467 g/mol. The van der Waals surface area contributed by atoms with Gasteiger partial charge in [0.1, 0.15) is 11.3 Å². The predicted molar refractivity (Wildman–Crippen MR) is 144 cm³/mol. The Morgan fingerprint density at radius 3 is 2.30 bits per heavy atom. The molecule has 3 aromatic carbocycles. The lowest BCUT2D eigenvalue weighted by atomic mass is 9.85. The number of hydrogen-bond acceptors (Lipinski definition) is 6. The van der Waals surface area contributed by atoms with Crippen LogP contribution in [0.15, 0.2) is 59.1 Å². The van der Waals surface area contributed by atoms with Crippen molar-refractivity contribution in [2.24, 2.45) is 0 Å². The first-order chi connectivity index (χ1) is 18.2. The molecule has 0 amide bonds. The number of para-hydroxylation sites is 1. The zero-order valence-corrected chi connectivity index (χ0v) is 20.7. The van der Waals surface area contributed by atoms with Gasteiger partial charge in [-0.1, -0.05) is 60.8 Å². The van der Waals surface area contributed by atoms with Gasteiger partial charge in [-0.15, -0.1) is 0 Å². The molecule has 6 nitrogen and oxygen atoms in total. The summed E-state index contributed by atoms with van der Waals surface area (Å²) in [7, 11) is 0. The Morgan fingerprint density at radius 1 is 0.865 bits per heavy atom. The first-order valence-corrected chi connectivity index (χ1v) is 13.3. The monoisotopic (exact) mass is 496 g/mol. The van der Waals surface area contributed by atoms with E-state index in [-0.39, 0.29) is 11.6 Å². The molecule has 188 valence electrons. The van der Waals surface area contributed by atoms with E-state index in [9.17, 15) is 9.18 Å². The van der Waals surface area contributed by atoms with E-state index in [2.05, 4.69) is 26.3 Å². The minimum absolute atomic E-state index is 0.0190. The number of aromatic nitrogens is 1. The highest BCUT2D eigenvalue weighted by molar-refractivity contribution is 6.28. The van der Waals surface area contributed by atoms with Gasteiger partial charge in [0.15, 0.2) is 11.5 Å². The van der Waals surface area contributed by atoms with Crippen LogP contribution in [0.3, 0.4) is 0 Å². The van der Waals surface area contributed by atoms with Gasteiger partial charge in [-0.25, -0.2) is 4.39 Å². The van der Waals surface area contributed by atoms with Crippen LogP contribution in [-0.2, 0) is 0 Å². The van der Waals surface area contributed by atoms with E-state index < -0.39 is 0 Å². The Bertz CT molecular complexity index is 1500. The smallest absolute Gasteiger partial charge is 0.196 e. The Morgan fingerprint density at radius 2 is 1.54 bits per heavy atom. The number of carbonyl (C=O) groups excluding carboxylic acids is 1. The first-order valence-electron chi connectivity index (χ1n) is 13.3. The Kier molecular flexibility index (Phi) is 5.38. The number of anilines is 3. The highest BCUT2D eigenvalue weighted by Crippen LogP contribution is 2.46. The molecule has 0 spiro atoms. The predicted octanol–water partition coefficient (Wildman–Crippen LogP) is 6.25. The van der Waals surface area contributed by atoms with E-state index >= 15 is 0 Å². The number of fused-ring (bicyclic) bond motifs is 2. The lowest BCUT2D eigenvalue weighted by molar-refractivity contribution is 0.104. The normalized spacial score (nSPS) is 17.8. The summed E-state index contributed by atoms with van der Waals surface area (Å²) in [6, 6.07) is 17.0. The van der Waals surface area contributed by atoms with Crippen LogP contribution in [0.4, 0.5) is 21.5 Å². The minimum Gasteiger partial charge on any atom is -0.382 e. The van der Waals surface area contributed by atoms with Gasteiger partial charge in [-0.3, -0.25) is 4.79 Å². The third-order valence-corrected chi connectivity index (χ3v) is 8.16. The second kappa shape index (κ2) is 8.91. The molecule has 2 fully saturated rings. The highest BCUT2D eigenvalue weighted by Gasteiger charge is 2.34. The van der Waals surface area contributed by atoms with Crippen molar-refractivity contribution in [3.05, 3.63) is 71.5 Å². The van der Waals surface area contributed by atoms with Gasteiger partial charge in [0.2, 0.25) is 0 Å². The van der Waals surface area contributed by atoms with Gasteiger partial charge in [0.05, 0.1) is 22.3 Å². The van der Waals surface area contributed by atoms with Gasteiger partial charge in [-0.2, -0.15) is 0 Å². The van der Waals surface area contributed by atoms with Gasteiger partial charge >= 0.3 is 0 Å². The topological polar surface area (TPSA) is 61.6 Å². The molecule has 0 unspecified atom stereocenters. The van der Waals surface area contributed by atoms with Crippen molar-refractivity contribution in [1.29, 1.82) is 0 Å². The number of benzene rings is 3. The molecule has 0 radical (unpaired) electrons. The van der Waals surface area contributed by atoms with Crippen LogP contribution < -0.4 is 15.1 Å². The number of rotatable bonds is 4. The fraction of sp³-hybridized carbons (Fsp3) is 0.333. The number of nitrogens with zero attached hydrogens (tertiary/aromatic N) is 3. The molecule has 7 rings (SSSR count). The molecule has 0 bridgehead atoms. The van der Waals surface area contributed by atoms with Crippen LogP contribution in [-0.4, -0.2) is 43.2 Å². The molecule has 1 saturated carbocycles. The van der Waals surface area contributed by atoms with Crippen molar-refractivity contribution in [1.82, 2.24) is 5.16 Å². The molecule has 4 aromatic rings.